The number of carbonyl (C=O) groups excluding carboxylic acids is 1. The zero-order valence-electron chi connectivity index (χ0n) is 12.4. The SMILES string of the molecule is CC(C)CN1CCOC(COC(=O)c2ccnn2C)C1. The van der Waals surface area contributed by atoms with Crippen molar-refractivity contribution in [3.8, 4) is 0 Å². The third-order valence-electron chi connectivity index (χ3n) is 3.28. The van der Waals surface area contributed by atoms with Gasteiger partial charge in [-0.2, -0.15) is 5.10 Å². The molecule has 1 unspecified atom stereocenters. The minimum atomic E-state index is -0.352. The van der Waals surface area contributed by atoms with Crippen LogP contribution < -0.4 is 0 Å². The summed E-state index contributed by atoms with van der Waals surface area (Å²) in [6.45, 7) is 8.20. The van der Waals surface area contributed by atoms with E-state index in [9.17, 15) is 4.79 Å². The van der Waals surface area contributed by atoms with Gasteiger partial charge in [0.25, 0.3) is 0 Å². The summed E-state index contributed by atoms with van der Waals surface area (Å²) in [5.74, 6) is 0.278. The highest BCUT2D eigenvalue weighted by Gasteiger charge is 2.23. The molecule has 2 heterocycles. The molecule has 2 rings (SSSR count). The van der Waals surface area contributed by atoms with E-state index in [1.165, 1.54) is 4.68 Å². The summed E-state index contributed by atoms with van der Waals surface area (Å²) in [5, 5.41) is 3.95. The van der Waals surface area contributed by atoms with Crippen LogP contribution in [0.3, 0.4) is 0 Å². The minimum Gasteiger partial charge on any atom is -0.458 e. The van der Waals surface area contributed by atoms with Gasteiger partial charge < -0.3 is 9.47 Å². The van der Waals surface area contributed by atoms with Crippen molar-refractivity contribution in [1.82, 2.24) is 14.7 Å². The van der Waals surface area contributed by atoms with Gasteiger partial charge in [0.1, 0.15) is 18.4 Å². The highest BCUT2D eigenvalue weighted by Crippen LogP contribution is 2.09. The molecule has 6 heteroatoms. The molecule has 6 nitrogen and oxygen atoms in total. The summed E-state index contributed by atoms with van der Waals surface area (Å²) in [5.41, 5.74) is 0.458. The smallest absolute Gasteiger partial charge is 0.356 e. The molecule has 1 aromatic rings. The molecule has 1 fully saturated rings. The first-order valence-electron chi connectivity index (χ1n) is 7.05. The number of rotatable bonds is 5. The molecule has 112 valence electrons. The number of hydrogen-bond acceptors (Lipinski definition) is 5. The summed E-state index contributed by atoms with van der Waals surface area (Å²) in [4.78, 5) is 14.2. The fourth-order valence-electron chi connectivity index (χ4n) is 2.38. The molecule has 0 amide bonds. The molecule has 20 heavy (non-hydrogen) atoms. The third-order valence-corrected chi connectivity index (χ3v) is 3.28. The molecule has 0 aliphatic carbocycles. The second-order valence-corrected chi connectivity index (χ2v) is 5.58. The van der Waals surface area contributed by atoms with E-state index in [2.05, 4.69) is 23.8 Å². The lowest BCUT2D eigenvalue weighted by molar-refractivity contribution is -0.0614. The number of carbonyl (C=O) groups is 1. The van der Waals surface area contributed by atoms with Crippen LogP contribution in [0.1, 0.15) is 24.3 Å². The molecule has 1 aliphatic rings. The first-order valence-corrected chi connectivity index (χ1v) is 7.05. The van der Waals surface area contributed by atoms with Crippen molar-refractivity contribution < 1.29 is 14.3 Å². The van der Waals surface area contributed by atoms with Crippen molar-refractivity contribution in [1.29, 1.82) is 0 Å². The van der Waals surface area contributed by atoms with Gasteiger partial charge in [-0.1, -0.05) is 13.8 Å². The van der Waals surface area contributed by atoms with Crippen LogP contribution in [0.4, 0.5) is 0 Å². The summed E-state index contributed by atoms with van der Waals surface area (Å²) in [7, 11) is 1.72. The van der Waals surface area contributed by atoms with E-state index in [1.807, 2.05) is 0 Å². The molecular formula is C14H23N3O3. The maximum Gasteiger partial charge on any atom is 0.356 e. The van der Waals surface area contributed by atoms with Gasteiger partial charge in [-0.3, -0.25) is 9.58 Å². The van der Waals surface area contributed by atoms with Gasteiger partial charge in [0.2, 0.25) is 0 Å². The van der Waals surface area contributed by atoms with E-state index in [1.54, 1.807) is 19.3 Å². The first-order chi connectivity index (χ1) is 9.56. The van der Waals surface area contributed by atoms with Crippen LogP contribution in [0.15, 0.2) is 12.3 Å². The number of morpholine rings is 1. The molecular weight excluding hydrogens is 258 g/mol. The molecule has 0 bridgehead atoms. The zero-order chi connectivity index (χ0) is 14.5. The summed E-state index contributed by atoms with van der Waals surface area (Å²) < 4.78 is 12.5. The van der Waals surface area contributed by atoms with Gasteiger partial charge in [-0.25, -0.2) is 4.79 Å². The number of nitrogens with zero attached hydrogens (tertiary/aromatic N) is 3. The zero-order valence-corrected chi connectivity index (χ0v) is 12.4. The van der Waals surface area contributed by atoms with Gasteiger partial charge in [-0.05, 0) is 12.0 Å². The fourth-order valence-corrected chi connectivity index (χ4v) is 2.38. The first kappa shape index (κ1) is 15.0. The van der Waals surface area contributed by atoms with Crippen LogP contribution in [-0.4, -0.2) is 59.6 Å². The molecule has 1 aromatic heterocycles. The van der Waals surface area contributed by atoms with Crippen LogP contribution >= 0.6 is 0 Å². The Morgan fingerprint density at radius 3 is 3.05 bits per heavy atom. The average molecular weight is 281 g/mol. The van der Waals surface area contributed by atoms with E-state index in [4.69, 9.17) is 9.47 Å². The lowest BCUT2D eigenvalue weighted by Crippen LogP contribution is -2.45. The molecule has 1 atom stereocenters. The van der Waals surface area contributed by atoms with Gasteiger partial charge in [0.15, 0.2) is 0 Å². The lowest BCUT2D eigenvalue weighted by Gasteiger charge is -2.33. The Morgan fingerprint density at radius 2 is 2.40 bits per heavy atom. The molecule has 0 radical (unpaired) electrons. The Hall–Kier alpha value is -1.40. The Labute approximate surface area is 119 Å². The molecule has 0 spiro atoms. The molecule has 1 aliphatic heterocycles. The van der Waals surface area contributed by atoms with E-state index in [0.29, 0.717) is 24.8 Å². The number of esters is 1. The standard InChI is InChI=1S/C14H23N3O3/c1-11(2)8-17-6-7-19-12(9-17)10-20-14(18)13-4-5-15-16(13)3/h4-5,11-12H,6-10H2,1-3H3. The predicted octanol–water partition coefficient (Wildman–Crippen LogP) is 0.934. The number of aromatic nitrogens is 2. The quantitative estimate of drug-likeness (QED) is 0.752. The molecule has 0 saturated carbocycles. The van der Waals surface area contributed by atoms with E-state index >= 15 is 0 Å². The van der Waals surface area contributed by atoms with Crippen molar-refractivity contribution in [2.24, 2.45) is 13.0 Å². The van der Waals surface area contributed by atoms with Crippen molar-refractivity contribution in [2.75, 3.05) is 32.8 Å². The van der Waals surface area contributed by atoms with Crippen LogP contribution in [0, 0.1) is 5.92 Å². The van der Waals surface area contributed by atoms with Crippen molar-refractivity contribution in [2.45, 2.75) is 20.0 Å². The Bertz CT molecular complexity index is 445. The predicted molar refractivity (Wildman–Crippen MR) is 74.5 cm³/mol. The lowest BCUT2D eigenvalue weighted by atomic mass is 10.2. The number of hydrogen-bond donors (Lipinski definition) is 0. The summed E-state index contributed by atoms with van der Waals surface area (Å²) in [6, 6.07) is 1.65. The van der Waals surface area contributed by atoms with Gasteiger partial charge in [-0.15, -0.1) is 0 Å². The Balaban J connectivity index is 1.79. The van der Waals surface area contributed by atoms with Crippen molar-refractivity contribution in [3.05, 3.63) is 18.0 Å². The van der Waals surface area contributed by atoms with E-state index in [-0.39, 0.29) is 12.1 Å². The third kappa shape index (κ3) is 4.05. The van der Waals surface area contributed by atoms with Gasteiger partial charge in [0, 0.05) is 32.9 Å². The summed E-state index contributed by atoms with van der Waals surface area (Å²) in [6.07, 6.45) is 1.54. The highest BCUT2D eigenvalue weighted by molar-refractivity contribution is 5.87. The topological polar surface area (TPSA) is 56.6 Å². The maximum absolute atomic E-state index is 11.9. The van der Waals surface area contributed by atoms with Gasteiger partial charge >= 0.3 is 5.97 Å². The van der Waals surface area contributed by atoms with Crippen LogP contribution in [0.25, 0.3) is 0 Å². The second-order valence-electron chi connectivity index (χ2n) is 5.58. The minimum absolute atomic E-state index is 0.0420. The highest BCUT2D eigenvalue weighted by atomic mass is 16.6. The number of aryl methyl sites for hydroxylation is 1. The fraction of sp³-hybridized carbons (Fsp3) is 0.714. The largest absolute Gasteiger partial charge is 0.458 e. The normalized spacial score (nSPS) is 20.3. The monoisotopic (exact) mass is 281 g/mol. The molecule has 1 saturated heterocycles. The Kier molecular flexibility index (Phi) is 5.14. The second kappa shape index (κ2) is 6.85. The van der Waals surface area contributed by atoms with Crippen LogP contribution in [-0.2, 0) is 16.5 Å². The Morgan fingerprint density at radius 1 is 1.60 bits per heavy atom. The van der Waals surface area contributed by atoms with Crippen LogP contribution in [0.2, 0.25) is 0 Å². The number of ether oxygens (including phenoxy) is 2. The van der Waals surface area contributed by atoms with Crippen molar-refractivity contribution >= 4 is 5.97 Å². The average Bonchev–Trinajstić information content (AvgIpc) is 2.82. The van der Waals surface area contributed by atoms with E-state index < -0.39 is 0 Å². The van der Waals surface area contributed by atoms with Gasteiger partial charge in [0.05, 0.1) is 6.61 Å². The molecule has 0 aromatic carbocycles. The molecule has 0 N–H and O–H groups in total. The van der Waals surface area contributed by atoms with E-state index in [0.717, 1.165) is 19.6 Å². The summed E-state index contributed by atoms with van der Waals surface area (Å²) >= 11 is 0. The maximum atomic E-state index is 11.9. The van der Waals surface area contributed by atoms with Crippen LogP contribution in [0.5, 0.6) is 0 Å². The van der Waals surface area contributed by atoms with Crippen molar-refractivity contribution in [3.63, 3.8) is 0 Å².